The number of hydrogen-bond donors (Lipinski definition) is 4. The molecular formula is C13H22N2O5. The average Bonchev–Trinajstić information content (AvgIpc) is 2.38. The van der Waals surface area contributed by atoms with Crippen LogP contribution in [-0.4, -0.2) is 40.3 Å². The molecule has 0 aromatic carbocycles. The lowest BCUT2D eigenvalue weighted by Gasteiger charge is -2.28. The molecule has 0 aromatic rings. The molecule has 0 spiro atoms. The number of carbonyl (C=O) groups is 3. The summed E-state index contributed by atoms with van der Waals surface area (Å²) in [4.78, 5) is 33.1. The topological polar surface area (TPSA) is 116 Å². The van der Waals surface area contributed by atoms with Gasteiger partial charge in [0.1, 0.15) is 6.04 Å². The Hall–Kier alpha value is -1.79. The summed E-state index contributed by atoms with van der Waals surface area (Å²) in [6.07, 6.45) is 4.98. The highest BCUT2D eigenvalue weighted by Crippen LogP contribution is 2.26. The molecule has 7 nitrogen and oxygen atoms in total. The van der Waals surface area contributed by atoms with Gasteiger partial charge in [-0.3, -0.25) is 4.79 Å². The van der Waals surface area contributed by atoms with Crippen LogP contribution in [-0.2, 0) is 9.59 Å². The van der Waals surface area contributed by atoms with Crippen LogP contribution in [0, 0.1) is 5.92 Å². The first-order valence-corrected chi connectivity index (χ1v) is 6.91. The van der Waals surface area contributed by atoms with Crippen molar-refractivity contribution in [1.82, 2.24) is 10.6 Å². The van der Waals surface area contributed by atoms with Gasteiger partial charge in [-0.2, -0.15) is 0 Å². The van der Waals surface area contributed by atoms with Gasteiger partial charge in [-0.05, 0) is 25.7 Å². The molecule has 1 aliphatic rings. The number of amides is 2. The van der Waals surface area contributed by atoms with Crippen molar-refractivity contribution < 1.29 is 24.6 Å². The molecule has 1 unspecified atom stereocenters. The Morgan fingerprint density at radius 2 is 1.70 bits per heavy atom. The molecule has 1 saturated carbocycles. The van der Waals surface area contributed by atoms with Crippen LogP contribution < -0.4 is 10.6 Å². The van der Waals surface area contributed by atoms with E-state index in [1.165, 1.54) is 6.42 Å². The van der Waals surface area contributed by atoms with Crippen LogP contribution in [0.2, 0.25) is 0 Å². The van der Waals surface area contributed by atoms with E-state index in [-0.39, 0.29) is 6.04 Å². The quantitative estimate of drug-likeness (QED) is 0.585. The van der Waals surface area contributed by atoms with Gasteiger partial charge in [0.05, 0.1) is 6.42 Å². The number of urea groups is 1. The summed E-state index contributed by atoms with van der Waals surface area (Å²) in [5, 5.41) is 22.3. The molecule has 0 heterocycles. The van der Waals surface area contributed by atoms with Gasteiger partial charge in [0.25, 0.3) is 0 Å². The molecule has 114 valence electrons. The average molecular weight is 286 g/mol. The van der Waals surface area contributed by atoms with Gasteiger partial charge in [0.2, 0.25) is 0 Å². The molecular weight excluding hydrogens is 264 g/mol. The molecule has 7 heteroatoms. The number of nitrogens with one attached hydrogen (secondary N) is 2. The third-order valence-electron chi connectivity index (χ3n) is 3.70. The summed E-state index contributed by atoms with van der Waals surface area (Å²) >= 11 is 0. The first-order valence-electron chi connectivity index (χ1n) is 6.91. The highest BCUT2D eigenvalue weighted by Gasteiger charge is 2.25. The smallest absolute Gasteiger partial charge is 0.326 e. The molecule has 0 aromatic heterocycles. The van der Waals surface area contributed by atoms with Crippen LogP contribution >= 0.6 is 0 Å². The summed E-state index contributed by atoms with van der Waals surface area (Å²) in [5.41, 5.74) is 0. The number of hydrogen-bond acceptors (Lipinski definition) is 3. The van der Waals surface area contributed by atoms with Crippen molar-refractivity contribution in [2.24, 2.45) is 5.92 Å². The van der Waals surface area contributed by atoms with Crippen molar-refractivity contribution >= 4 is 18.0 Å². The van der Waals surface area contributed by atoms with Crippen molar-refractivity contribution in [1.29, 1.82) is 0 Å². The molecule has 0 aliphatic heterocycles. The van der Waals surface area contributed by atoms with E-state index in [2.05, 4.69) is 10.6 Å². The minimum Gasteiger partial charge on any atom is -0.481 e. The van der Waals surface area contributed by atoms with Crippen LogP contribution in [0.15, 0.2) is 0 Å². The number of carboxylic acids is 2. The monoisotopic (exact) mass is 286 g/mol. The SMILES string of the molecule is CC(NC(=O)N[C@H](CC(=O)O)C(=O)O)C1CCCCC1. The van der Waals surface area contributed by atoms with Crippen molar-refractivity contribution in [3.8, 4) is 0 Å². The van der Waals surface area contributed by atoms with Gasteiger partial charge < -0.3 is 20.8 Å². The third kappa shape index (κ3) is 5.46. The zero-order chi connectivity index (χ0) is 15.1. The molecule has 0 bridgehead atoms. The summed E-state index contributed by atoms with van der Waals surface area (Å²) in [5.74, 6) is -2.22. The fourth-order valence-electron chi connectivity index (χ4n) is 2.53. The van der Waals surface area contributed by atoms with E-state index in [9.17, 15) is 14.4 Å². The van der Waals surface area contributed by atoms with E-state index in [1.807, 2.05) is 6.92 Å². The second-order valence-electron chi connectivity index (χ2n) is 5.29. The Morgan fingerprint density at radius 3 is 2.20 bits per heavy atom. The van der Waals surface area contributed by atoms with Crippen LogP contribution in [0.3, 0.4) is 0 Å². The first-order chi connectivity index (χ1) is 9.40. The van der Waals surface area contributed by atoms with Crippen molar-refractivity contribution in [3.05, 3.63) is 0 Å². The van der Waals surface area contributed by atoms with Crippen LogP contribution in [0.4, 0.5) is 4.79 Å². The van der Waals surface area contributed by atoms with Gasteiger partial charge in [-0.1, -0.05) is 19.3 Å². The van der Waals surface area contributed by atoms with Crippen LogP contribution in [0.1, 0.15) is 45.4 Å². The van der Waals surface area contributed by atoms with E-state index >= 15 is 0 Å². The molecule has 0 saturated heterocycles. The normalized spacial score (nSPS) is 18.9. The second-order valence-corrected chi connectivity index (χ2v) is 5.29. The lowest BCUT2D eigenvalue weighted by atomic mass is 9.85. The van der Waals surface area contributed by atoms with E-state index in [0.717, 1.165) is 25.7 Å². The summed E-state index contributed by atoms with van der Waals surface area (Å²) < 4.78 is 0. The van der Waals surface area contributed by atoms with Gasteiger partial charge in [-0.15, -0.1) is 0 Å². The molecule has 1 fully saturated rings. The number of carbonyl (C=O) groups excluding carboxylic acids is 1. The van der Waals surface area contributed by atoms with Crippen molar-refractivity contribution in [3.63, 3.8) is 0 Å². The number of rotatable bonds is 6. The third-order valence-corrected chi connectivity index (χ3v) is 3.70. The van der Waals surface area contributed by atoms with Crippen molar-refractivity contribution in [2.45, 2.75) is 57.5 Å². The summed E-state index contributed by atoms with van der Waals surface area (Å²) in [7, 11) is 0. The Kier molecular flexibility index (Phi) is 6.27. The van der Waals surface area contributed by atoms with Gasteiger partial charge in [-0.25, -0.2) is 9.59 Å². The largest absolute Gasteiger partial charge is 0.481 e. The zero-order valence-electron chi connectivity index (χ0n) is 11.6. The Bertz CT molecular complexity index is 366. The molecule has 1 aliphatic carbocycles. The standard InChI is InChI=1S/C13H22N2O5/c1-8(9-5-3-2-4-6-9)14-13(20)15-10(12(18)19)7-11(16)17/h8-10H,2-7H2,1H3,(H,16,17)(H,18,19)(H2,14,15,20)/t8?,10-/m1/s1. The van der Waals surface area contributed by atoms with E-state index in [1.54, 1.807) is 0 Å². The van der Waals surface area contributed by atoms with Crippen molar-refractivity contribution in [2.75, 3.05) is 0 Å². The predicted octanol–water partition coefficient (Wildman–Crippen LogP) is 1.18. The molecule has 20 heavy (non-hydrogen) atoms. The highest BCUT2D eigenvalue weighted by atomic mass is 16.4. The van der Waals surface area contributed by atoms with E-state index in [0.29, 0.717) is 5.92 Å². The maximum absolute atomic E-state index is 11.7. The molecule has 2 amide bonds. The number of aliphatic carboxylic acids is 2. The van der Waals surface area contributed by atoms with Gasteiger partial charge in [0.15, 0.2) is 0 Å². The van der Waals surface area contributed by atoms with E-state index in [4.69, 9.17) is 10.2 Å². The lowest BCUT2D eigenvalue weighted by Crippen LogP contribution is -2.50. The Balaban J connectivity index is 2.43. The summed E-state index contributed by atoms with van der Waals surface area (Å²) in [6, 6.07) is -2.09. The zero-order valence-corrected chi connectivity index (χ0v) is 11.6. The molecule has 1 rings (SSSR count). The first kappa shape index (κ1) is 16.3. The molecule has 0 radical (unpaired) electrons. The Labute approximate surface area is 117 Å². The maximum atomic E-state index is 11.7. The van der Waals surface area contributed by atoms with Gasteiger partial charge in [0, 0.05) is 6.04 Å². The van der Waals surface area contributed by atoms with E-state index < -0.39 is 30.4 Å². The molecule has 2 atom stereocenters. The maximum Gasteiger partial charge on any atom is 0.326 e. The molecule has 4 N–H and O–H groups in total. The second kappa shape index (κ2) is 7.72. The minimum atomic E-state index is -1.41. The predicted molar refractivity (Wildman–Crippen MR) is 71.4 cm³/mol. The fraction of sp³-hybridized carbons (Fsp3) is 0.769. The highest BCUT2D eigenvalue weighted by molar-refractivity contribution is 5.86. The van der Waals surface area contributed by atoms with Gasteiger partial charge >= 0.3 is 18.0 Å². The number of carboxylic acid groups (broad SMARTS) is 2. The van der Waals surface area contributed by atoms with Crippen LogP contribution in [0.25, 0.3) is 0 Å². The summed E-state index contributed by atoms with van der Waals surface area (Å²) in [6.45, 7) is 1.89. The van der Waals surface area contributed by atoms with Crippen LogP contribution in [0.5, 0.6) is 0 Å². The minimum absolute atomic E-state index is 0.0467. The Morgan fingerprint density at radius 1 is 1.10 bits per heavy atom. The lowest BCUT2D eigenvalue weighted by molar-refractivity contribution is -0.145. The fourth-order valence-corrected chi connectivity index (χ4v) is 2.53.